The van der Waals surface area contributed by atoms with Gasteiger partial charge in [-0.3, -0.25) is 4.40 Å². The first-order valence-corrected chi connectivity index (χ1v) is 20.3. The van der Waals surface area contributed by atoms with Crippen LogP contribution in [0.5, 0.6) is 0 Å². The zero-order valence-electron chi connectivity index (χ0n) is 35.1. The maximum atomic E-state index is 4.71. The largest absolute Gasteiger partial charge is 0.344 e. The Kier molecular flexibility index (Phi) is 13.1. The van der Waals surface area contributed by atoms with E-state index >= 15 is 0 Å². The van der Waals surface area contributed by atoms with Gasteiger partial charge >= 0.3 is 0 Å². The minimum atomic E-state index is 0.997. The van der Waals surface area contributed by atoms with Crippen LogP contribution in [0.2, 0.25) is 0 Å². The fourth-order valence-corrected chi connectivity index (χ4v) is 7.68. The average molecular weight is 749 g/mol. The SMILES string of the molecule is CC.CC.Cc1ccc2c(c1)n1c3ccccc3nc1n2C.Cc1cccc(C)c1.Cn1c2ccccc2c2ccccc21.c1ccc2c(c1)Cc1ccccc1-2. The topological polar surface area (TPSA) is 27.2 Å². The fourth-order valence-electron chi connectivity index (χ4n) is 7.68. The highest BCUT2D eigenvalue weighted by molar-refractivity contribution is 6.07. The van der Waals surface area contributed by atoms with E-state index in [1.165, 1.54) is 77.3 Å². The van der Waals surface area contributed by atoms with Gasteiger partial charge in [-0.2, -0.15) is 0 Å². The number of hydrogen-bond donors (Lipinski definition) is 0. The van der Waals surface area contributed by atoms with Crippen LogP contribution in [-0.4, -0.2) is 18.5 Å². The van der Waals surface area contributed by atoms with Gasteiger partial charge in [0, 0.05) is 35.9 Å². The quantitative estimate of drug-likeness (QED) is 0.152. The summed E-state index contributed by atoms with van der Waals surface area (Å²) in [6.07, 6.45) is 1.10. The molecule has 0 bridgehead atoms. The van der Waals surface area contributed by atoms with E-state index in [0.717, 1.165) is 17.7 Å². The number of rotatable bonds is 0. The summed E-state index contributed by atoms with van der Waals surface area (Å²) in [6.45, 7) is 14.3. The lowest BCUT2D eigenvalue weighted by molar-refractivity contribution is 0.973. The molecule has 1 aliphatic carbocycles. The highest BCUT2D eigenvalue weighted by Gasteiger charge is 2.16. The highest BCUT2D eigenvalue weighted by atomic mass is 15.2. The van der Waals surface area contributed by atoms with Crippen LogP contribution in [0.25, 0.3) is 60.8 Å². The van der Waals surface area contributed by atoms with E-state index in [0.29, 0.717) is 0 Å². The first-order valence-electron chi connectivity index (χ1n) is 20.3. The van der Waals surface area contributed by atoms with E-state index < -0.39 is 0 Å². The molecule has 0 aliphatic heterocycles. The maximum absolute atomic E-state index is 4.71. The number of hydrogen-bond acceptors (Lipinski definition) is 1. The fraction of sp³-hybridized carbons (Fsp3) is 0.189. The summed E-state index contributed by atoms with van der Waals surface area (Å²) in [5.74, 6) is 0.997. The van der Waals surface area contributed by atoms with Crippen LogP contribution < -0.4 is 0 Å². The van der Waals surface area contributed by atoms with E-state index in [1.807, 2.05) is 33.8 Å². The van der Waals surface area contributed by atoms with Gasteiger partial charge in [0.2, 0.25) is 5.78 Å². The van der Waals surface area contributed by atoms with Crippen LogP contribution in [0.15, 0.2) is 164 Å². The molecule has 0 fully saturated rings. The summed E-state index contributed by atoms with van der Waals surface area (Å²) in [5, 5.41) is 2.68. The summed E-state index contributed by atoms with van der Waals surface area (Å²) < 4.78 is 6.62. The molecule has 11 rings (SSSR count). The van der Waals surface area contributed by atoms with Gasteiger partial charge in [0.05, 0.1) is 22.1 Å². The highest BCUT2D eigenvalue weighted by Crippen LogP contribution is 2.35. The van der Waals surface area contributed by atoms with Crippen LogP contribution in [0, 0.1) is 20.8 Å². The van der Waals surface area contributed by atoms with Crippen LogP contribution in [0.3, 0.4) is 0 Å². The van der Waals surface area contributed by atoms with E-state index in [4.69, 9.17) is 4.98 Å². The zero-order valence-corrected chi connectivity index (χ0v) is 35.1. The Morgan fingerprint density at radius 3 is 1.42 bits per heavy atom. The molecule has 57 heavy (non-hydrogen) atoms. The predicted octanol–water partition coefficient (Wildman–Crippen LogP) is 14.2. The smallest absolute Gasteiger partial charge is 0.215 e. The third-order valence-electron chi connectivity index (χ3n) is 10.3. The molecular weight excluding hydrogens is 693 g/mol. The molecule has 10 aromatic rings. The first kappa shape index (κ1) is 40.3. The van der Waals surface area contributed by atoms with Crippen molar-refractivity contribution in [2.45, 2.75) is 54.9 Å². The lowest BCUT2D eigenvalue weighted by atomic mass is 10.1. The molecule has 0 saturated heterocycles. The van der Waals surface area contributed by atoms with Crippen molar-refractivity contribution in [1.29, 1.82) is 0 Å². The number of imidazole rings is 2. The summed E-state index contributed by atoms with van der Waals surface area (Å²) >= 11 is 0. The molecule has 4 heteroatoms. The minimum absolute atomic E-state index is 0.997. The normalized spacial score (nSPS) is 10.8. The zero-order chi connectivity index (χ0) is 40.5. The third kappa shape index (κ3) is 8.41. The molecule has 4 nitrogen and oxygen atoms in total. The molecule has 3 heterocycles. The summed E-state index contributed by atoms with van der Waals surface area (Å²) in [4.78, 5) is 4.71. The molecule has 0 unspecified atom stereocenters. The summed E-state index contributed by atoms with van der Waals surface area (Å²) in [7, 11) is 4.18. The predicted molar refractivity (Wildman–Crippen MR) is 248 cm³/mol. The second-order valence-electron chi connectivity index (χ2n) is 14.0. The van der Waals surface area contributed by atoms with Gasteiger partial charge in [-0.15, -0.1) is 0 Å². The van der Waals surface area contributed by atoms with E-state index in [1.54, 1.807) is 0 Å². The number of benzene rings is 7. The van der Waals surface area contributed by atoms with Crippen molar-refractivity contribution in [3.05, 3.63) is 192 Å². The van der Waals surface area contributed by atoms with E-state index in [2.05, 4.69) is 206 Å². The van der Waals surface area contributed by atoms with E-state index in [-0.39, 0.29) is 0 Å². The van der Waals surface area contributed by atoms with Gasteiger partial charge in [-0.05, 0) is 91.4 Å². The maximum Gasteiger partial charge on any atom is 0.215 e. The van der Waals surface area contributed by atoms with Crippen molar-refractivity contribution in [3.63, 3.8) is 0 Å². The number of aromatic nitrogens is 4. The summed E-state index contributed by atoms with van der Waals surface area (Å²) in [5.41, 5.74) is 17.0. The summed E-state index contributed by atoms with van der Waals surface area (Å²) in [6, 6.07) is 57.6. The van der Waals surface area contributed by atoms with Crippen molar-refractivity contribution in [1.82, 2.24) is 18.5 Å². The van der Waals surface area contributed by atoms with E-state index in [9.17, 15) is 0 Å². The Labute approximate surface area is 338 Å². The van der Waals surface area contributed by atoms with Crippen molar-refractivity contribution >= 4 is 49.7 Å². The standard InChI is InChI=1S/C15H13N3.C13H11N.C13H10.C8H10.2C2H6/c1-10-7-8-13-14(9-10)18-12-6-4-3-5-11(12)16-15(18)17(13)2;1-14-12-8-4-2-6-10(12)11-7-3-5-9-13(11)14;1-3-7-12-10(5-1)9-11-6-2-4-8-13(11)12;1-7-4-3-5-8(2)6-7;2*1-2/h3-9H,1-2H3;2-9H,1H3;1-8H,9H2;3-6H,1-2H3;2*1-2H3. The van der Waals surface area contributed by atoms with Crippen molar-refractivity contribution < 1.29 is 0 Å². The van der Waals surface area contributed by atoms with Gasteiger partial charge in [-0.25, -0.2) is 4.98 Å². The molecule has 0 atom stereocenters. The number of aryl methyl sites for hydroxylation is 5. The number of fused-ring (bicyclic) bond motifs is 11. The monoisotopic (exact) mass is 748 g/mol. The molecule has 7 aromatic carbocycles. The number of para-hydroxylation sites is 4. The molecule has 0 amide bonds. The minimum Gasteiger partial charge on any atom is -0.344 e. The second-order valence-corrected chi connectivity index (χ2v) is 14.0. The molecular formula is C53H56N4. The lowest BCUT2D eigenvalue weighted by Crippen LogP contribution is -1.87. The van der Waals surface area contributed by atoms with Crippen molar-refractivity contribution in [2.24, 2.45) is 14.1 Å². The lowest BCUT2D eigenvalue weighted by Gasteiger charge is -1.98. The van der Waals surface area contributed by atoms with Crippen LogP contribution in [0.1, 0.15) is 55.5 Å². The molecule has 288 valence electrons. The molecule has 0 radical (unpaired) electrons. The van der Waals surface area contributed by atoms with Gasteiger partial charge in [0.1, 0.15) is 0 Å². The Hall–Kier alpha value is -6.39. The van der Waals surface area contributed by atoms with Crippen molar-refractivity contribution in [3.8, 4) is 11.1 Å². The molecule has 3 aromatic heterocycles. The third-order valence-corrected chi connectivity index (χ3v) is 10.3. The average Bonchev–Trinajstić information content (AvgIpc) is 3.98. The molecule has 0 N–H and O–H groups in total. The molecule has 1 aliphatic rings. The van der Waals surface area contributed by atoms with Crippen LogP contribution >= 0.6 is 0 Å². The Balaban J connectivity index is 0.000000129. The first-order chi connectivity index (χ1) is 27.9. The molecule has 0 saturated carbocycles. The van der Waals surface area contributed by atoms with Crippen LogP contribution in [-0.2, 0) is 20.5 Å². The van der Waals surface area contributed by atoms with Crippen LogP contribution in [0.4, 0.5) is 0 Å². The second kappa shape index (κ2) is 18.5. The Morgan fingerprint density at radius 1 is 0.404 bits per heavy atom. The van der Waals surface area contributed by atoms with Gasteiger partial charge in [0.25, 0.3) is 0 Å². The van der Waals surface area contributed by atoms with Crippen molar-refractivity contribution in [2.75, 3.05) is 0 Å². The van der Waals surface area contributed by atoms with Gasteiger partial charge < -0.3 is 9.13 Å². The molecule has 0 spiro atoms. The Bertz CT molecular complexity index is 2770. The van der Waals surface area contributed by atoms with Gasteiger partial charge in [0.15, 0.2) is 0 Å². The Morgan fingerprint density at radius 2 is 0.877 bits per heavy atom. The van der Waals surface area contributed by atoms with Gasteiger partial charge in [-0.1, -0.05) is 166 Å². The number of nitrogens with zero attached hydrogens (tertiary/aromatic N) is 4.